The quantitative estimate of drug-likeness (QED) is 0.427. The minimum atomic E-state index is -0.798. The third-order valence-corrected chi connectivity index (χ3v) is 5.43. The zero-order valence-electron chi connectivity index (χ0n) is 17.6. The van der Waals surface area contributed by atoms with Gasteiger partial charge in [0.1, 0.15) is 0 Å². The number of carbonyl (C=O) groups excluding carboxylic acids is 2. The number of nitrogens with one attached hydrogen (secondary N) is 1. The van der Waals surface area contributed by atoms with E-state index in [4.69, 9.17) is 4.74 Å². The van der Waals surface area contributed by atoms with Crippen LogP contribution >= 0.6 is 0 Å². The minimum absolute atomic E-state index is 0.109. The predicted octanol–water partition coefficient (Wildman–Crippen LogP) is 3.86. The van der Waals surface area contributed by atoms with Crippen LogP contribution in [0.25, 0.3) is 0 Å². The Morgan fingerprint density at radius 2 is 2.07 bits per heavy atom. The summed E-state index contributed by atoms with van der Waals surface area (Å²) in [6.45, 7) is 7.84. The zero-order chi connectivity index (χ0) is 22.2. The number of hydrogen-bond acceptors (Lipinski definition) is 7. The molecule has 0 bridgehead atoms. The molecule has 0 amide bonds. The van der Waals surface area contributed by atoms with Gasteiger partial charge < -0.3 is 15.2 Å². The second kappa shape index (κ2) is 7.93. The Hall–Kier alpha value is -3.16. The number of esters is 1. The van der Waals surface area contributed by atoms with Gasteiger partial charge in [-0.2, -0.15) is 0 Å². The molecule has 3 rings (SSSR count). The molecule has 0 fully saturated rings. The van der Waals surface area contributed by atoms with Gasteiger partial charge in [-0.1, -0.05) is 26.8 Å². The molecule has 30 heavy (non-hydrogen) atoms. The molecule has 2 aliphatic rings. The maximum absolute atomic E-state index is 13.1. The second-order valence-electron chi connectivity index (χ2n) is 8.57. The largest absolute Gasteiger partial charge is 0.502 e. The molecule has 0 saturated heterocycles. The molecule has 2 N–H and O–H groups in total. The summed E-state index contributed by atoms with van der Waals surface area (Å²) in [5, 5.41) is 24.4. The summed E-state index contributed by atoms with van der Waals surface area (Å²) in [4.78, 5) is 36.7. The van der Waals surface area contributed by atoms with Crippen LogP contribution in [0.3, 0.4) is 0 Å². The van der Waals surface area contributed by atoms with Crippen molar-refractivity contribution >= 4 is 17.4 Å². The second-order valence-corrected chi connectivity index (χ2v) is 8.57. The van der Waals surface area contributed by atoms with Gasteiger partial charge in [0.05, 0.1) is 17.1 Å². The monoisotopic (exact) mass is 414 g/mol. The van der Waals surface area contributed by atoms with Crippen molar-refractivity contribution in [3.8, 4) is 5.75 Å². The van der Waals surface area contributed by atoms with Crippen LogP contribution in [0.2, 0.25) is 0 Å². The van der Waals surface area contributed by atoms with E-state index in [9.17, 15) is 24.8 Å². The summed E-state index contributed by atoms with van der Waals surface area (Å²) in [7, 11) is 0. The lowest BCUT2D eigenvalue weighted by atomic mass is 9.68. The number of nitrogens with zero attached hydrogens (tertiary/aromatic N) is 1. The van der Waals surface area contributed by atoms with E-state index in [0.29, 0.717) is 36.1 Å². The molecule has 1 atom stereocenters. The number of aromatic hydroxyl groups is 1. The number of phenolic OH excluding ortho intramolecular Hbond substituents is 1. The molecular weight excluding hydrogens is 388 g/mol. The van der Waals surface area contributed by atoms with Gasteiger partial charge in [0, 0.05) is 35.4 Å². The summed E-state index contributed by atoms with van der Waals surface area (Å²) in [5.74, 6) is -1.94. The number of dihydropyridines is 1. The van der Waals surface area contributed by atoms with Crippen LogP contribution in [-0.4, -0.2) is 28.4 Å². The molecule has 1 aliphatic carbocycles. The lowest BCUT2D eigenvalue weighted by Gasteiger charge is -2.39. The molecule has 160 valence electrons. The van der Waals surface area contributed by atoms with Gasteiger partial charge in [0.15, 0.2) is 11.5 Å². The first-order chi connectivity index (χ1) is 14.1. The highest BCUT2D eigenvalue weighted by atomic mass is 16.6. The van der Waals surface area contributed by atoms with E-state index in [1.165, 1.54) is 18.2 Å². The van der Waals surface area contributed by atoms with Crippen molar-refractivity contribution in [2.24, 2.45) is 5.41 Å². The van der Waals surface area contributed by atoms with Gasteiger partial charge in [0.2, 0.25) is 0 Å². The average Bonchev–Trinajstić information content (AvgIpc) is 2.64. The maximum atomic E-state index is 13.1. The highest BCUT2D eigenvalue weighted by Gasteiger charge is 2.43. The average molecular weight is 414 g/mol. The summed E-state index contributed by atoms with van der Waals surface area (Å²) >= 11 is 0. The normalized spacial score (nSPS) is 20.5. The first kappa shape index (κ1) is 21.5. The zero-order valence-corrected chi connectivity index (χ0v) is 17.6. The number of allylic oxidation sites excluding steroid dienone is 3. The van der Waals surface area contributed by atoms with Gasteiger partial charge in [-0.05, 0) is 36.8 Å². The van der Waals surface area contributed by atoms with Crippen molar-refractivity contribution < 1.29 is 24.4 Å². The van der Waals surface area contributed by atoms with E-state index >= 15 is 0 Å². The highest BCUT2D eigenvalue weighted by molar-refractivity contribution is 6.04. The van der Waals surface area contributed by atoms with Gasteiger partial charge in [-0.15, -0.1) is 0 Å². The van der Waals surface area contributed by atoms with E-state index in [1.54, 1.807) is 6.92 Å². The fourth-order valence-corrected chi connectivity index (χ4v) is 4.18. The summed E-state index contributed by atoms with van der Waals surface area (Å²) in [5.41, 5.74) is 1.65. The summed E-state index contributed by atoms with van der Waals surface area (Å²) in [6, 6.07) is 3.96. The number of ketones is 1. The molecular formula is C22H26N2O6. The fourth-order valence-electron chi connectivity index (χ4n) is 4.18. The lowest BCUT2D eigenvalue weighted by Crippen LogP contribution is -2.38. The summed E-state index contributed by atoms with van der Waals surface area (Å²) < 4.78 is 5.36. The molecule has 0 saturated carbocycles. The van der Waals surface area contributed by atoms with Gasteiger partial charge in [0.25, 0.3) is 0 Å². The van der Waals surface area contributed by atoms with Crippen LogP contribution in [0.5, 0.6) is 5.75 Å². The van der Waals surface area contributed by atoms with Crippen LogP contribution in [0.1, 0.15) is 58.4 Å². The Labute approximate surface area is 174 Å². The lowest BCUT2D eigenvalue weighted by molar-refractivity contribution is -0.385. The SMILES string of the molecule is CCCOC(=O)C1=C(C)NC2=C(C(=O)CC(C)(C)C2)[C@H]1c1ccc(O)c([N+](=O)[O-])c1. The topological polar surface area (TPSA) is 119 Å². The Morgan fingerprint density at radius 1 is 1.37 bits per heavy atom. The van der Waals surface area contributed by atoms with Crippen LogP contribution < -0.4 is 5.32 Å². The molecule has 1 aromatic carbocycles. The van der Waals surface area contributed by atoms with Crippen molar-refractivity contribution in [2.45, 2.75) is 52.9 Å². The van der Waals surface area contributed by atoms with Crippen LogP contribution in [-0.2, 0) is 14.3 Å². The fraction of sp³-hybridized carbons (Fsp3) is 0.455. The highest BCUT2D eigenvalue weighted by Crippen LogP contribution is 2.47. The Balaban J connectivity index is 2.20. The molecule has 1 aliphatic heterocycles. The Kier molecular flexibility index (Phi) is 5.70. The maximum Gasteiger partial charge on any atom is 0.336 e. The third kappa shape index (κ3) is 3.94. The Bertz CT molecular complexity index is 989. The van der Waals surface area contributed by atoms with Crippen molar-refractivity contribution in [3.63, 3.8) is 0 Å². The van der Waals surface area contributed by atoms with E-state index in [1.807, 2.05) is 20.8 Å². The molecule has 0 aromatic heterocycles. The minimum Gasteiger partial charge on any atom is -0.502 e. The number of nitro groups is 1. The first-order valence-corrected chi connectivity index (χ1v) is 9.94. The van der Waals surface area contributed by atoms with Crippen LogP contribution in [0.4, 0.5) is 5.69 Å². The third-order valence-electron chi connectivity index (χ3n) is 5.43. The number of ether oxygens (including phenoxy) is 1. The van der Waals surface area contributed by atoms with Crippen molar-refractivity contribution in [1.29, 1.82) is 0 Å². The number of carbonyl (C=O) groups is 2. The summed E-state index contributed by atoms with van der Waals surface area (Å²) in [6.07, 6.45) is 1.56. The van der Waals surface area contributed by atoms with E-state index in [0.717, 1.165) is 5.70 Å². The van der Waals surface area contributed by atoms with Crippen molar-refractivity contribution in [3.05, 3.63) is 56.4 Å². The van der Waals surface area contributed by atoms with E-state index in [2.05, 4.69) is 5.32 Å². The number of benzene rings is 1. The molecule has 8 heteroatoms. The standard InChI is InChI=1S/C22H26N2O6/c1-5-8-30-21(27)18-12(2)23-14-10-22(3,4)11-17(26)20(14)19(18)13-6-7-16(25)15(9-13)24(28)29/h6-7,9,19,23,25H,5,8,10-11H2,1-4H3/t19-/m0/s1. The van der Waals surface area contributed by atoms with Gasteiger partial charge in [-0.25, -0.2) is 4.79 Å². The molecule has 0 radical (unpaired) electrons. The molecule has 8 nitrogen and oxygen atoms in total. The van der Waals surface area contributed by atoms with Crippen LogP contribution in [0.15, 0.2) is 40.7 Å². The number of Topliss-reactive ketones (excluding diaryl/α,β-unsaturated/α-hetero) is 1. The number of nitro benzene ring substituents is 1. The number of phenols is 1. The molecule has 1 heterocycles. The number of hydrogen-bond donors (Lipinski definition) is 2. The van der Waals surface area contributed by atoms with Crippen molar-refractivity contribution in [1.82, 2.24) is 5.32 Å². The van der Waals surface area contributed by atoms with Crippen LogP contribution in [0, 0.1) is 15.5 Å². The van der Waals surface area contributed by atoms with Crippen molar-refractivity contribution in [2.75, 3.05) is 6.61 Å². The smallest absolute Gasteiger partial charge is 0.336 e. The molecule has 1 aromatic rings. The molecule has 0 spiro atoms. The Morgan fingerprint density at radius 3 is 2.70 bits per heavy atom. The number of rotatable bonds is 5. The van der Waals surface area contributed by atoms with Gasteiger partial charge >= 0.3 is 11.7 Å². The van der Waals surface area contributed by atoms with E-state index < -0.39 is 28.2 Å². The van der Waals surface area contributed by atoms with Gasteiger partial charge in [-0.3, -0.25) is 14.9 Å². The van der Waals surface area contributed by atoms with E-state index in [-0.39, 0.29) is 23.4 Å². The molecule has 0 unspecified atom stereocenters. The first-order valence-electron chi connectivity index (χ1n) is 9.94. The predicted molar refractivity (Wildman–Crippen MR) is 110 cm³/mol.